The Bertz CT molecular complexity index is 623. The number of rotatable bonds is 10. The van der Waals surface area contributed by atoms with E-state index in [-0.39, 0.29) is 5.56 Å². The monoisotopic (exact) mass is 370 g/mol. The van der Waals surface area contributed by atoms with Gasteiger partial charge in [-0.05, 0) is 36.6 Å². The second-order valence-electron chi connectivity index (χ2n) is 4.94. The Balaban J connectivity index is 2.76. The van der Waals surface area contributed by atoms with Gasteiger partial charge in [0.1, 0.15) is 17.5 Å². The summed E-state index contributed by atoms with van der Waals surface area (Å²) in [4.78, 5) is 35.4. The van der Waals surface area contributed by atoms with Gasteiger partial charge in [-0.1, -0.05) is 0 Å². The number of Topliss-reactive ketones (excluding diaryl/α,β-unsaturated/α-hetero) is 1. The number of benzene rings is 1. The molecule has 1 aromatic carbocycles. The van der Waals surface area contributed by atoms with Crippen LogP contribution in [0.15, 0.2) is 18.2 Å². The van der Waals surface area contributed by atoms with E-state index in [2.05, 4.69) is 5.32 Å². The topological polar surface area (TPSA) is 117 Å². The molecule has 1 aromatic rings. The number of carbonyl (C=O) groups is 3. The van der Waals surface area contributed by atoms with E-state index >= 15 is 0 Å². The number of primary amides is 1. The molecule has 0 aliphatic heterocycles. The fraction of sp³-hybridized carbons (Fsp3) is 0.438. The van der Waals surface area contributed by atoms with Crippen LogP contribution in [0, 0.1) is 0 Å². The minimum atomic E-state index is -0.898. The normalized spacial score (nSPS) is 11.3. The largest absolute Gasteiger partial charge is 0.497 e. The van der Waals surface area contributed by atoms with Crippen molar-refractivity contribution in [3.05, 3.63) is 23.8 Å². The summed E-state index contributed by atoms with van der Waals surface area (Å²) in [5, 5.41) is 2.31. The number of urea groups is 1. The van der Waals surface area contributed by atoms with Crippen LogP contribution in [0.1, 0.15) is 16.8 Å². The van der Waals surface area contributed by atoms with Gasteiger partial charge in [0.05, 0.1) is 19.8 Å². The molecule has 0 unspecified atom stereocenters. The van der Waals surface area contributed by atoms with Gasteiger partial charge in [-0.3, -0.25) is 4.79 Å². The number of ether oxygens (including phenoxy) is 3. The summed E-state index contributed by atoms with van der Waals surface area (Å²) >= 11 is 1.51. The van der Waals surface area contributed by atoms with E-state index in [0.29, 0.717) is 23.7 Å². The average molecular weight is 370 g/mol. The molecule has 0 spiro atoms. The zero-order valence-corrected chi connectivity index (χ0v) is 15.2. The Labute approximate surface area is 150 Å². The Morgan fingerprint density at radius 2 is 1.96 bits per heavy atom. The molecule has 0 radical (unpaired) electrons. The van der Waals surface area contributed by atoms with Gasteiger partial charge < -0.3 is 25.3 Å². The Hall–Kier alpha value is -2.42. The van der Waals surface area contributed by atoms with Crippen molar-refractivity contribution in [3.8, 4) is 11.5 Å². The van der Waals surface area contributed by atoms with Gasteiger partial charge in [-0.25, -0.2) is 9.59 Å². The van der Waals surface area contributed by atoms with Crippen LogP contribution < -0.4 is 20.5 Å². The molecule has 0 aromatic heterocycles. The summed E-state index contributed by atoms with van der Waals surface area (Å²) in [6.07, 6.45) is 2.21. The van der Waals surface area contributed by atoms with E-state index in [4.69, 9.17) is 19.9 Å². The highest BCUT2D eigenvalue weighted by molar-refractivity contribution is 7.98. The molecule has 25 heavy (non-hydrogen) atoms. The highest BCUT2D eigenvalue weighted by Gasteiger charge is 2.23. The SMILES string of the molecule is COc1ccc(OC)c(C(=O)COC(=O)[C@@H](CCSC)NC(N)=O)c1. The number of hydrogen-bond donors (Lipinski definition) is 2. The Morgan fingerprint density at radius 1 is 1.24 bits per heavy atom. The third-order valence-electron chi connectivity index (χ3n) is 3.26. The summed E-state index contributed by atoms with van der Waals surface area (Å²) < 4.78 is 15.2. The van der Waals surface area contributed by atoms with Gasteiger partial charge in [0.15, 0.2) is 6.61 Å². The molecule has 0 aliphatic carbocycles. The number of hydrogen-bond acceptors (Lipinski definition) is 7. The lowest BCUT2D eigenvalue weighted by Gasteiger charge is -2.16. The van der Waals surface area contributed by atoms with Crippen molar-refractivity contribution in [1.82, 2.24) is 5.32 Å². The predicted molar refractivity (Wildman–Crippen MR) is 94.3 cm³/mol. The molecule has 9 heteroatoms. The fourth-order valence-electron chi connectivity index (χ4n) is 2.00. The van der Waals surface area contributed by atoms with Crippen LogP contribution in [0.5, 0.6) is 11.5 Å². The zero-order chi connectivity index (χ0) is 18.8. The van der Waals surface area contributed by atoms with Gasteiger partial charge >= 0.3 is 12.0 Å². The smallest absolute Gasteiger partial charge is 0.329 e. The first-order valence-corrected chi connectivity index (χ1v) is 8.79. The first-order valence-electron chi connectivity index (χ1n) is 7.39. The Kier molecular flexibility index (Phi) is 8.62. The summed E-state index contributed by atoms with van der Waals surface area (Å²) in [7, 11) is 2.90. The minimum absolute atomic E-state index is 0.234. The number of esters is 1. The zero-order valence-electron chi connectivity index (χ0n) is 14.4. The van der Waals surface area contributed by atoms with Crippen LogP contribution in [0.25, 0.3) is 0 Å². The Morgan fingerprint density at radius 3 is 2.52 bits per heavy atom. The van der Waals surface area contributed by atoms with Crippen molar-refractivity contribution >= 4 is 29.5 Å². The summed E-state index contributed by atoms with van der Waals surface area (Å²) in [5.74, 6) is 0.271. The molecule has 138 valence electrons. The van der Waals surface area contributed by atoms with Crippen molar-refractivity contribution in [2.24, 2.45) is 5.73 Å². The fourth-order valence-corrected chi connectivity index (χ4v) is 2.47. The molecule has 0 bridgehead atoms. The van der Waals surface area contributed by atoms with Gasteiger partial charge in [0, 0.05) is 0 Å². The average Bonchev–Trinajstić information content (AvgIpc) is 2.61. The lowest BCUT2D eigenvalue weighted by atomic mass is 10.1. The molecule has 8 nitrogen and oxygen atoms in total. The molecule has 1 rings (SSSR count). The maximum Gasteiger partial charge on any atom is 0.329 e. The lowest BCUT2D eigenvalue weighted by Crippen LogP contribution is -2.45. The standard InChI is InChI=1S/C16H22N2O6S/c1-22-10-4-5-14(23-2)11(8-10)13(19)9-24-15(20)12(6-7-25-3)18-16(17)21/h4-5,8,12H,6-7,9H2,1-3H3,(H3,17,18,21)/t12-/m1/s1. The molecule has 0 heterocycles. The second-order valence-corrected chi connectivity index (χ2v) is 5.93. The highest BCUT2D eigenvalue weighted by atomic mass is 32.2. The van der Waals surface area contributed by atoms with Crippen LogP contribution in [0.2, 0.25) is 0 Å². The molecular formula is C16H22N2O6S. The summed E-state index contributed by atoms with van der Waals surface area (Å²) in [5.41, 5.74) is 5.29. The van der Waals surface area contributed by atoms with Crippen molar-refractivity contribution < 1.29 is 28.6 Å². The number of methoxy groups -OCH3 is 2. The van der Waals surface area contributed by atoms with Crippen LogP contribution in [-0.4, -0.2) is 56.7 Å². The van der Waals surface area contributed by atoms with Gasteiger partial charge in [-0.15, -0.1) is 0 Å². The van der Waals surface area contributed by atoms with Crippen molar-refractivity contribution in [1.29, 1.82) is 0 Å². The van der Waals surface area contributed by atoms with E-state index in [9.17, 15) is 14.4 Å². The number of thioether (sulfide) groups is 1. The predicted octanol–water partition coefficient (Wildman–Crippen LogP) is 1.22. The number of ketones is 1. The van der Waals surface area contributed by atoms with Crippen molar-refractivity contribution in [3.63, 3.8) is 0 Å². The van der Waals surface area contributed by atoms with Crippen LogP contribution >= 0.6 is 11.8 Å². The molecule has 0 saturated heterocycles. The minimum Gasteiger partial charge on any atom is -0.497 e. The number of carbonyl (C=O) groups excluding carboxylic acids is 3. The quantitative estimate of drug-likeness (QED) is 0.470. The highest BCUT2D eigenvalue weighted by Crippen LogP contribution is 2.24. The first-order chi connectivity index (χ1) is 11.9. The van der Waals surface area contributed by atoms with Gasteiger partial charge in [-0.2, -0.15) is 11.8 Å². The summed E-state index contributed by atoms with van der Waals surface area (Å²) in [6, 6.07) is 3.01. The maximum atomic E-state index is 12.3. The lowest BCUT2D eigenvalue weighted by molar-refractivity contribution is -0.144. The van der Waals surface area contributed by atoms with Crippen LogP contribution in [0.4, 0.5) is 4.79 Å². The van der Waals surface area contributed by atoms with E-state index < -0.39 is 30.4 Å². The van der Waals surface area contributed by atoms with Gasteiger partial charge in [0.2, 0.25) is 5.78 Å². The third kappa shape index (κ3) is 6.54. The van der Waals surface area contributed by atoms with Gasteiger partial charge in [0.25, 0.3) is 0 Å². The second kappa shape index (κ2) is 10.4. The summed E-state index contributed by atoms with van der Waals surface area (Å²) in [6.45, 7) is -0.488. The molecule has 0 saturated carbocycles. The molecule has 3 N–H and O–H groups in total. The molecular weight excluding hydrogens is 348 g/mol. The van der Waals surface area contributed by atoms with Crippen molar-refractivity contribution in [2.75, 3.05) is 32.8 Å². The number of nitrogens with one attached hydrogen (secondary N) is 1. The molecule has 2 amide bonds. The van der Waals surface area contributed by atoms with E-state index in [1.807, 2.05) is 6.26 Å². The van der Waals surface area contributed by atoms with Crippen LogP contribution in [0.3, 0.4) is 0 Å². The van der Waals surface area contributed by atoms with Crippen LogP contribution in [-0.2, 0) is 9.53 Å². The number of nitrogens with two attached hydrogens (primary N) is 1. The molecule has 0 fully saturated rings. The van der Waals surface area contributed by atoms with E-state index in [0.717, 1.165) is 0 Å². The van der Waals surface area contributed by atoms with E-state index in [1.165, 1.54) is 32.0 Å². The number of amides is 2. The maximum absolute atomic E-state index is 12.3. The molecule has 1 atom stereocenters. The van der Waals surface area contributed by atoms with E-state index in [1.54, 1.807) is 12.1 Å². The van der Waals surface area contributed by atoms with Crippen molar-refractivity contribution in [2.45, 2.75) is 12.5 Å². The first kappa shape index (κ1) is 20.6. The molecule has 0 aliphatic rings. The third-order valence-corrected chi connectivity index (χ3v) is 3.91.